The van der Waals surface area contributed by atoms with Gasteiger partial charge in [0.2, 0.25) is 0 Å². The number of fused-ring (bicyclic) bond motifs is 1. The number of aldehydes is 1. The minimum atomic E-state index is -1.11. The summed E-state index contributed by atoms with van der Waals surface area (Å²) in [4.78, 5) is 14.0. The van der Waals surface area contributed by atoms with Crippen molar-refractivity contribution < 1.29 is 14.3 Å². The molecule has 4 nitrogen and oxygen atoms in total. The zero-order chi connectivity index (χ0) is 15.5. The normalized spacial score (nSPS) is 13.5. The Morgan fingerprint density at radius 1 is 1.33 bits per heavy atom. The lowest BCUT2D eigenvalue weighted by Crippen LogP contribution is -2.22. The fourth-order valence-corrected chi connectivity index (χ4v) is 2.91. The third-order valence-electron chi connectivity index (χ3n) is 3.47. The summed E-state index contributed by atoms with van der Waals surface area (Å²) in [6.45, 7) is 7.68. The number of carbonyl (C=O) groups excluding carboxylic acids is 1. The second kappa shape index (κ2) is 6.55. The summed E-state index contributed by atoms with van der Waals surface area (Å²) < 4.78 is 11.3. The SMILES string of the molecule is COC(OCC[Si](C)(C)C)c1ccc2c(C=O)c[nH]c2c1. The van der Waals surface area contributed by atoms with Crippen molar-refractivity contribution in [3.63, 3.8) is 0 Å². The Bertz CT molecular complexity index is 615. The highest BCUT2D eigenvalue weighted by atomic mass is 28.3. The topological polar surface area (TPSA) is 51.3 Å². The van der Waals surface area contributed by atoms with Crippen molar-refractivity contribution in [2.24, 2.45) is 0 Å². The zero-order valence-electron chi connectivity index (χ0n) is 13.1. The molecule has 0 aliphatic carbocycles. The summed E-state index contributed by atoms with van der Waals surface area (Å²) in [7, 11) is 0.539. The van der Waals surface area contributed by atoms with Gasteiger partial charge in [-0.1, -0.05) is 31.8 Å². The minimum absolute atomic E-state index is 0.367. The first kappa shape index (κ1) is 15.9. The van der Waals surface area contributed by atoms with E-state index in [1.54, 1.807) is 13.3 Å². The lowest BCUT2D eigenvalue weighted by atomic mass is 10.1. The molecular weight excluding hydrogens is 282 g/mol. The molecule has 0 saturated carbocycles. The molecule has 1 aromatic carbocycles. The van der Waals surface area contributed by atoms with Gasteiger partial charge in [-0.15, -0.1) is 0 Å². The molecular formula is C16H23NO3Si. The summed E-state index contributed by atoms with van der Waals surface area (Å²) in [5.74, 6) is 0. The molecule has 114 valence electrons. The fraction of sp³-hybridized carbons (Fsp3) is 0.438. The Kier molecular flexibility index (Phi) is 4.98. The summed E-state index contributed by atoms with van der Waals surface area (Å²) >= 11 is 0. The number of rotatable bonds is 7. The number of aromatic amines is 1. The summed E-state index contributed by atoms with van der Waals surface area (Å²) in [6.07, 6.45) is 2.21. The molecule has 0 radical (unpaired) electrons. The van der Waals surface area contributed by atoms with E-state index in [0.29, 0.717) is 12.2 Å². The van der Waals surface area contributed by atoms with Crippen LogP contribution in [0.1, 0.15) is 22.2 Å². The van der Waals surface area contributed by atoms with Crippen LogP contribution >= 0.6 is 0 Å². The van der Waals surface area contributed by atoms with Crippen LogP contribution in [0.25, 0.3) is 10.9 Å². The predicted octanol–water partition coefficient (Wildman–Crippen LogP) is 3.98. The lowest BCUT2D eigenvalue weighted by molar-refractivity contribution is -0.124. The van der Waals surface area contributed by atoms with Crippen LogP contribution < -0.4 is 0 Å². The lowest BCUT2D eigenvalue weighted by Gasteiger charge is -2.20. The van der Waals surface area contributed by atoms with Gasteiger partial charge in [0.15, 0.2) is 12.6 Å². The molecule has 0 aliphatic heterocycles. The molecule has 1 aromatic heterocycles. The van der Waals surface area contributed by atoms with Crippen LogP contribution in [0.15, 0.2) is 24.4 Å². The average Bonchev–Trinajstić information content (AvgIpc) is 2.84. The largest absolute Gasteiger partial charge is 0.360 e. The molecule has 0 amide bonds. The van der Waals surface area contributed by atoms with Crippen molar-refractivity contribution in [1.29, 1.82) is 0 Å². The van der Waals surface area contributed by atoms with Crippen molar-refractivity contribution in [2.75, 3.05) is 13.7 Å². The highest BCUT2D eigenvalue weighted by Gasteiger charge is 2.16. The molecule has 2 rings (SSSR count). The van der Waals surface area contributed by atoms with Crippen LogP contribution in [0.2, 0.25) is 25.7 Å². The van der Waals surface area contributed by atoms with Gasteiger partial charge in [0.1, 0.15) is 0 Å². The van der Waals surface area contributed by atoms with E-state index in [1.807, 2.05) is 18.2 Å². The number of nitrogens with one attached hydrogen (secondary N) is 1. The van der Waals surface area contributed by atoms with Gasteiger partial charge in [0.05, 0.1) is 0 Å². The molecule has 0 aliphatic rings. The maximum absolute atomic E-state index is 10.9. The van der Waals surface area contributed by atoms with E-state index in [4.69, 9.17) is 9.47 Å². The second-order valence-electron chi connectivity index (χ2n) is 6.42. The number of aromatic nitrogens is 1. The van der Waals surface area contributed by atoms with E-state index in [9.17, 15) is 4.79 Å². The second-order valence-corrected chi connectivity index (χ2v) is 12.0. The van der Waals surface area contributed by atoms with E-state index in [0.717, 1.165) is 28.8 Å². The zero-order valence-corrected chi connectivity index (χ0v) is 14.1. The van der Waals surface area contributed by atoms with Crippen LogP contribution in [0.4, 0.5) is 0 Å². The van der Waals surface area contributed by atoms with Crippen LogP contribution in [0, 0.1) is 0 Å². The number of hydrogen-bond acceptors (Lipinski definition) is 3. The molecule has 1 unspecified atom stereocenters. The maximum Gasteiger partial charge on any atom is 0.183 e. The number of carbonyl (C=O) groups is 1. The van der Waals surface area contributed by atoms with Crippen LogP contribution in [0.3, 0.4) is 0 Å². The molecule has 1 atom stereocenters. The van der Waals surface area contributed by atoms with Gasteiger partial charge in [-0.2, -0.15) is 0 Å². The van der Waals surface area contributed by atoms with E-state index in [1.165, 1.54) is 0 Å². The first-order valence-corrected chi connectivity index (χ1v) is 10.9. The van der Waals surface area contributed by atoms with Gasteiger partial charge in [-0.3, -0.25) is 4.79 Å². The Hall–Kier alpha value is -1.43. The first-order chi connectivity index (χ1) is 9.94. The smallest absolute Gasteiger partial charge is 0.183 e. The van der Waals surface area contributed by atoms with Crippen molar-refractivity contribution >= 4 is 25.3 Å². The Labute approximate surface area is 126 Å². The quantitative estimate of drug-likeness (QED) is 0.478. The molecule has 0 bridgehead atoms. The van der Waals surface area contributed by atoms with Gasteiger partial charge in [0, 0.05) is 50.0 Å². The molecule has 2 aromatic rings. The molecule has 1 N–H and O–H groups in total. The van der Waals surface area contributed by atoms with E-state index < -0.39 is 8.07 Å². The Balaban J connectivity index is 2.12. The number of methoxy groups -OCH3 is 1. The van der Waals surface area contributed by atoms with Gasteiger partial charge >= 0.3 is 0 Å². The molecule has 0 saturated heterocycles. The Morgan fingerprint density at radius 2 is 2.10 bits per heavy atom. The van der Waals surface area contributed by atoms with Crippen LogP contribution in [-0.2, 0) is 9.47 Å². The van der Waals surface area contributed by atoms with Crippen LogP contribution in [0.5, 0.6) is 0 Å². The molecule has 21 heavy (non-hydrogen) atoms. The average molecular weight is 305 g/mol. The summed E-state index contributed by atoms with van der Waals surface area (Å²) in [6, 6.07) is 6.96. The Morgan fingerprint density at radius 3 is 2.71 bits per heavy atom. The van der Waals surface area contributed by atoms with Crippen molar-refractivity contribution in [3.8, 4) is 0 Å². The monoisotopic (exact) mass is 305 g/mol. The maximum atomic E-state index is 10.9. The third kappa shape index (κ3) is 4.03. The van der Waals surface area contributed by atoms with Crippen molar-refractivity contribution in [2.45, 2.75) is 32.0 Å². The third-order valence-corrected chi connectivity index (χ3v) is 5.18. The number of benzene rings is 1. The minimum Gasteiger partial charge on any atom is -0.360 e. The summed E-state index contributed by atoms with van der Waals surface area (Å²) in [5.41, 5.74) is 2.55. The van der Waals surface area contributed by atoms with Crippen molar-refractivity contribution in [3.05, 3.63) is 35.5 Å². The molecule has 0 spiro atoms. The molecule has 0 fully saturated rings. The van der Waals surface area contributed by atoms with E-state index >= 15 is 0 Å². The van der Waals surface area contributed by atoms with Gasteiger partial charge in [-0.25, -0.2) is 0 Å². The fourth-order valence-electron chi connectivity index (χ4n) is 2.18. The van der Waals surface area contributed by atoms with E-state index in [2.05, 4.69) is 24.6 Å². The highest BCUT2D eigenvalue weighted by Crippen LogP contribution is 2.25. The highest BCUT2D eigenvalue weighted by molar-refractivity contribution is 6.76. The predicted molar refractivity (Wildman–Crippen MR) is 87.5 cm³/mol. The molecule has 5 heteroatoms. The van der Waals surface area contributed by atoms with Gasteiger partial charge in [-0.05, 0) is 12.1 Å². The standard InChI is InChI=1S/C16H23NO3Si/c1-19-16(20-7-8-21(2,3)4)12-5-6-14-13(11-18)10-17-15(14)9-12/h5-6,9-11,16-17H,7-8H2,1-4H3. The number of hydrogen-bond donors (Lipinski definition) is 1. The van der Waals surface area contributed by atoms with Crippen LogP contribution in [-0.4, -0.2) is 33.1 Å². The first-order valence-electron chi connectivity index (χ1n) is 7.15. The number of ether oxygens (including phenoxy) is 2. The number of H-pyrrole nitrogens is 1. The van der Waals surface area contributed by atoms with Gasteiger partial charge < -0.3 is 14.5 Å². The molecule has 1 heterocycles. The van der Waals surface area contributed by atoms with Gasteiger partial charge in [0.25, 0.3) is 0 Å². The van der Waals surface area contributed by atoms with Crippen molar-refractivity contribution in [1.82, 2.24) is 4.98 Å². The van der Waals surface area contributed by atoms with E-state index in [-0.39, 0.29) is 6.29 Å². The summed E-state index contributed by atoms with van der Waals surface area (Å²) in [5, 5.41) is 0.922.